The standard InChI is InChI=1S/C30H40N2O3/c1-30(2,3)35-29(33)23-12-13-27(28(19-23)34-26-8-4-5-9-26)31-20-21-16-24(22-10-11-22)18-25(17-21)32-14-6-7-15-32/h12-13,16-19,22,26,31H,4-11,14-15,20H2,1-3H3. The van der Waals surface area contributed by atoms with Gasteiger partial charge in [0.1, 0.15) is 11.4 Å². The van der Waals surface area contributed by atoms with E-state index in [9.17, 15) is 4.79 Å². The maximum atomic E-state index is 12.7. The normalized spacial score (nSPS) is 18.7. The second kappa shape index (κ2) is 10.1. The Morgan fingerprint density at radius 3 is 2.40 bits per heavy atom. The van der Waals surface area contributed by atoms with E-state index in [0.717, 1.165) is 49.8 Å². The van der Waals surface area contributed by atoms with Crippen molar-refractivity contribution in [1.82, 2.24) is 0 Å². The van der Waals surface area contributed by atoms with Crippen molar-refractivity contribution in [3.05, 3.63) is 53.1 Å². The van der Waals surface area contributed by atoms with Gasteiger partial charge in [-0.25, -0.2) is 4.79 Å². The summed E-state index contributed by atoms with van der Waals surface area (Å²) in [7, 11) is 0. The Bertz CT molecular complexity index is 1040. The molecule has 2 aliphatic carbocycles. The van der Waals surface area contributed by atoms with Crippen LogP contribution in [0.5, 0.6) is 5.75 Å². The summed E-state index contributed by atoms with van der Waals surface area (Å²) >= 11 is 0. The first-order valence-corrected chi connectivity index (χ1v) is 13.5. The van der Waals surface area contributed by atoms with Crippen molar-refractivity contribution >= 4 is 17.3 Å². The maximum Gasteiger partial charge on any atom is 0.338 e. The van der Waals surface area contributed by atoms with Crippen LogP contribution in [-0.2, 0) is 11.3 Å². The van der Waals surface area contributed by atoms with E-state index in [2.05, 4.69) is 28.4 Å². The minimum Gasteiger partial charge on any atom is -0.488 e. The van der Waals surface area contributed by atoms with E-state index < -0.39 is 5.60 Å². The molecule has 35 heavy (non-hydrogen) atoms. The molecule has 5 nitrogen and oxygen atoms in total. The fourth-order valence-electron chi connectivity index (χ4n) is 5.23. The summed E-state index contributed by atoms with van der Waals surface area (Å²) < 4.78 is 12.0. The van der Waals surface area contributed by atoms with E-state index >= 15 is 0 Å². The Kier molecular flexibility index (Phi) is 6.95. The van der Waals surface area contributed by atoms with E-state index in [1.807, 2.05) is 39.0 Å². The quantitative estimate of drug-likeness (QED) is 0.414. The molecule has 0 atom stereocenters. The number of benzene rings is 2. The molecule has 1 aliphatic heterocycles. The van der Waals surface area contributed by atoms with Crippen LogP contribution in [0.15, 0.2) is 36.4 Å². The Balaban J connectivity index is 1.36. The number of esters is 1. The number of carbonyl (C=O) groups is 1. The fourth-order valence-corrected chi connectivity index (χ4v) is 5.23. The molecule has 0 amide bonds. The lowest BCUT2D eigenvalue weighted by atomic mass is 10.0. The van der Waals surface area contributed by atoms with E-state index in [4.69, 9.17) is 9.47 Å². The molecule has 2 aromatic rings. The van der Waals surface area contributed by atoms with Crippen molar-refractivity contribution in [3.8, 4) is 5.75 Å². The second-order valence-electron chi connectivity index (χ2n) is 11.5. The van der Waals surface area contributed by atoms with Crippen LogP contribution < -0.4 is 15.0 Å². The third-order valence-corrected chi connectivity index (χ3v) is 7.21. The number of nitrogens with zero attached hydrogens (tertiary/aromatic N) is 1. The van der Waals surface area contributed by atoms with E-state index in [-0.39, 0.29) is 12.1 Å². The molecule has 2 saturated carbocycles. The largest absolute Gasteiger partial charge is 0.488 e. The predicted molar refractivity (Wildman–Crippen MR) is 142 cm³/mol. The highest BCUT2D eigenvalue weighted by Gasteiger charge is 2.26. The zero-order valence-electron chi connectivity index (χ0n) is 21.6. The van der Waals surface area contributed by atoms with Gasteiger partial charge in [0.25, 0.3) is 0 Å². The van der Waals surface area contributed by atoms with Gasteiger partial charge in [-0.05, 0) is 120 Å². The number of hydrogen-bond donors (Lipinski definition) is 1. The molecular weight excluding hydrogens is 436 g/mol. The Hall–Kier alpha value is -2.69. The van der Waals surface area contributed by atoms with Crippen LogP contribution in [0.25, 0.3) is 0 Å². The average Bonchev–Trinajstić information content (AvgIpc) is 3.27. The molecule has 5 heteroatoms. The van der Waals surface area contributed by atoms with Gasteiger partial charge in [-0.2, -0.15) is 0 Å². The van der Waals surface area contributed by atoms with Crippen molar-refractivity contribution in [2.45, 2.75) is 96.3 Å². The second-order valence-corrected chi connectivity index (χ2v) is 11.5. The van der Waals surface area contributed by atoms with E-state index in [1.54, 1.807) is 0 Å². The van der Waals surface area contributed by atoms with Gasteiger partial charge in [0.2, 0.25) is 0 Å². The molecule has 3 fully saturated rings. The highest BCUT2D eigenvalue weighted by atomic mass is 16.6. The predicted octanol–water partition coefficient (Wildman–Crippen LogP) is 7.05. The minimum atomic E-state index is -0.528. The van der Waals surface area contributed by atoms with Gasteiger partial charge < -0.3 is 19.7 Å². The minimum absolute atomic E-state index is 0.212. The number of rotatable bonds is 8. The summed E-state index contributed by atoms with van der Waals surface area (Å²) in [5, 5.41) is 3.63. The van der Waals surface area contributed by atoms with Gasteiger partial charge in [-0.1, -0.05) is 6.07 Å². The van der Waals surface area contributed by atoms with Crippen molar-refractivity contribution in [1.29, 1.82) is 0 Å². The molecule has 1 heterocycles. The third kappa shape index (κ3) is 6.31. The van der Waals surface area contributed by atoms with Crippen LogP contribution in [0.2, 0.25) is 0 Å². The Morgan fingerprint density at radius 2 is 1.71 bits per heavy atom. The zero-order chi connectivity index (χ0) is 24.4. The summed E-state index contributed by atoms with van der Waals surface area (Å²) in [4.78, 5) is 15.2. The average molecular weight is 477 g/mol. The van der Waals surface area contributed by atoms with Crippen molar-refractivity contribution in [2.24, 2.45) is 0 Å². The van der Waals surface area contributed by atoms with Crippen LogP contribution in [0, 0.1) is 0 Å². The van der Waals surface area contributed by atoms with E-state index in [1.165, 1.54) is 55.3 Å². The molecule has 188 valence electrons. The molecule has 0 bridgehead atoms. The van der Waals surface area contributed by atoms with Crippen LogP contribution in [-0.4, -0.2) is 30.8 Å². The maximum absolute atomic E-state index is 12.7. The van der Waals surface area contributed by atoms with Crippen LogP contribution in [0.1, 0.15) is 99.5 Å². The molecule has 0 radical (unpaired) electrons. The van der Waals surface area contributed by atoms with Crippen LogP contribution in [0.3, 0.4) is 0 Å². The lowest BCUT2D eigenvalue weighted by Crippen LogP contribution is -2.24. The Labute approximate surface area is 210 Å². The van der Waals surface area contributed by atoms with Crippen LogP contribution >= 0.6 is 0 Å². The SMILES string of the molecule is CC(C)(C)OC(=O)c1ccc(NCc2cc(C3CC3)cc(N3CCCC3)c2)c(OC2CCCC2)c1. The van der Waals surface area contributed by atoms with Gasteiger partial charge >= 0.3 is 5.97 Å². The van der Waals surface area contributed by atoms with Gasteiger partial charge in [-0.3, -0.25) is 0 Å². The van der Waals surface area contributed by atoms with Crippen molar-refractivity contribution in [3.63, 3.8) is 0 Å². The molecule has 1 N–H and O–H groups in total. The van der Waals surface area contributed by atoms with Crippen molar-refractivity contribution < 1.29 is 14.3 Å². The first-order valence-electron chi connectivity index (χ1n) is 13.5. The monoisotopic (exact) mass is 476 g/mol. The van der Waals surface area contributed by atoms with Gasteiger partial charge in [0, 0.05) is 25.3 Å². The molecule has 2 aromatic carbocycles. The lowest BCUT2D eigenvalue weighted by molar-refractivity contribution is 0.00689. The first kappa shape index (κ1) is 24.0. The molecule has 1 saturated heterocycles. The van der Waals surface area contributed by atoms with E-state index in [0.29, 0.717) is 5.56 Å². The molecule has 0 spiro atoms. The molecule has 5 rings (SSSR count). The lowest BCUT2D eigenvalue weighted by Gasteiger charge is -2.22. The summed E-state index contributed by atoms with van der Waals surface area (Å²) in [6.45, 7) is 8.72. The number of carbonyl (C=O) groups excluding carboxylic acids is 1. The molecule has 3 aliphatic rings. The fraction of sp³-hybridized carbons (Fsp3) is 0.567. The summed E-state index contributed by atoms with van der Waals surface area (Å²) in [6.07, 6.45) is 9.93. The van der Waals surface area contributed by atoms with Gasteiger partial charge in [-0.15, -0.1) is 0 Å². The zero-order valence-corrected chi connectivity index (χ0v) is 21.6. The molecular formula is C30H40N2O3. The Morgan fingerprint density at radius 1 is 0.971 bits per heavy atom. The van der Waals surface area contributed by atoms with Crippen molar-refractivity contribution in [2.75, 3.05) is 23.3 Å². The van der Waals surface area contributed by atoms with Crippen LogP contribution in [0.4, 0.5) is 11.4 Å². The number of ether oxygens (including phenoxy) is 2. The number of hydrogen-bond acceptors (Lipinski definition) is 5. The smallest absolute Gasteiger partial charge is 0.338 e. The number of anilines is 2. The molecule has 0 unspecified atom stereocenters. The third-order valence-electron chi connectivity index (χ3n) is 7.21. The highest BCUT2D eigenvalue weighted by Crippen LogP contribution is 2.42. The highest BCUT2D eigenvalue weighted by molar-refractivity contribution is 5.91. The summed E-state index contributed by atoms with van der Waals surface area (Å²) in [5.74, 6) is 1.16. The number of nitrogens with one attached hydrogen (secondary N) is 1. The summed E-state index contributed by atoms with van der Waals surface area (Å²) in [6, 6.07) is 12.8. The first-order chi connectivity index (χ1) is 16.8. The molecule has 0 aromatic heterocycles. The summed E-state index contributed by atoms with van der Waals surface area (Å²) in [5.41, 5.74) is 5.09. The van der Waals surface area contributed by atoms with Gasteiger partial charge in [0.15, 0.2) is 0 Å². The topological polar surface area (TPSA) is 50.8 Å². The van der Waals surface area contributed by atoms with Gasteiger partial charge in [0.05, 0.1) is 17.4 Å².